The predicted molar refractivity (Wildman–Crippen MR) is 284 cm³/mol. The summed E-state index contributed by atoms with van der Waals surface area (Å²) < 4.78 is 2.56. The van der Waals surface area contributed by atoms with E-state index in [1.54, 1.807) is 0 Å². The third-order valence-corrected chi connectivity index (χ3v) is 15.0. The maximum atomic E-state index is 3.96. The second kappa shape index (κ2) is 16.6. The molecule has 13 rings (SSSR count). The van der Waals surface area contributed by atoms with Crippen LogP contribution in [0.5, 0.6) is 0 Å². The Morgan fingerprint density at radius 1 is 0.529 bits per heavy atom. The number of hydrogen-bond acceptors (Lipinski definition) is 1. The number of rotatable bonds is 8. The first kappa shape index (κ1) is 40.1. The molecule has 2 atom stereocenters. The van der Waals surface area contributed by atoms with Crippen molar-refractivity contribution in [2.45, 2.75) is 36.6 Å². The molecule has 0 saturated heterocycles. The molecule has 4 aliphatic rings. The maximum Gasteiger partial charge on any atom is 0.0719 e. The summed E-state index contributed by atoms with van der Waals surface area (Å²) >= 11 is 0. The number of fused-ring (bicyclic) bond motifs is 6. The molecule has 1 aromatic heterocycles. The fraction of sp³-hybridized carbons (Fsp3) is 0.0909. The minimum absolute atomic E-state index is 0.0543. The molecule has 0 saturated carbocycles. The number of nitrogens with zero attached hydrogens (tertiary/aromatic N) is 1. The van der Waals surface area contributed by atoms with E-state index in [0.717, 1.165) is 25.0 Å². The van der Waals surface area contributed by atoms with Gasteiger partial charge in [0.2, 0.25) is 0 Å². The zero-order valence-electron chi connectivity index (χ0n) is 37.9. The number of nitrogens with one attached hydrogen (secondary N) is 1. The van der Waals surface area contributed by atoms with E-state index in [2.05, 4.69) is 259 Å². The summed E-state index contributed by atoms with van der Waals surface area (Å²) in [5.41, 5.74) is 23.1. The minimum Gasteiger partial charge on any atom is -0.374 e. The van der Waals surface area contributed by atoms with Gasteiger partial charge in [-0.3, -0.25) is 0 Å². The molecule has 2 unspecified atom stereocenters. The smallest absolute Gasteiger partial charge is 0.0719 e. The van der Waals surface area contributed by atoms with Crippen molar-refractivity contribution in [2.75, 3.05) is 0 Å². The van der Waals surface area contributed by atoms with Gasteiger partial charge in [0.25, 0.3) is 0 Å². The van der Waals surface area contributed by atoms with Crippen LogP contribution in [-0.2, 0) is 11.8 Å². The Bertz CT molecular complexity index is 3510. The van der Waals surface area contributed by atoms with Crippen LogP contribution in [0, 0.1) is 0 Å². The number of dihydropyridines is 1. The molecule has 68 heavy (non-hydrogen) atoms. The Labute approximate surface area is 399 Å². The van der Waals surface area contributed by atoms with Crippen LogP contribution in [0.1, 0.15) is 86.1 Å². The second-order valence-electron chi connectivity index (χ2n) is 18.7. The molecule has 0 radical (unpaired) electrons. The highest BCUT2D eigenvalue weighted by atomic mass is 15.0. The van der Waals surface area contributed by atoms with Gasteiger partial charge in [-0.05, 0) is 122 Å². The Morgan fingerprint density at radius 3 is 1.91 bits per heavy atom. The summed E-state index contributed by atoms with van der Waals surface area (Å²) in [4.78, 5) is 0. The van der Waals surface area contributed by atoms with Gasteiger partial charge in [-0.1, -0.05) is 218 Å². The molecule has 0 spiro atoms. The van der Waals surface area contributed by atoms with Gasteiger partial charge in [-0.15, -0.1) is 0 Å². The van der Waals surface area contributed by atoms with Crippen molar-refractivity contribution in [3.8, 4) is 11.1 Å². The highest BCUT2D eigenvalue weighted by Crippen LogP contribution is 2.58. The Morgan fingerprint density at radius 2 is 1.16 bits per heavy atom. The molecular formula is C66H50N2. The number of para-hydroxylation sites is 1. The zero-order valence-corrected chi connectivity index (χ0v) is 37.9. The first-order valence-electron chi connectivity index (χ1n) is 24.2. The summed E-state index contributed by atoms with van der Waals surface area (Å²) in [5, 5.41) is 5.30. The molecule has 3 aliphatic carbocycles. The normalized spacial score (nSPS) is 17.8. The van der Waals surface area contributed by atoms with Gasteiger partial charge < -0.3 is 9.88 Å². The van der Waals surface area contributed by atoms with E-state index < -0.39 is 5.41 Å². The van der Waals surface area contributed by atoms with Crippen molar-refractivity contribution in [1.29, 1.82) is 0 Å². The molecule has 1 aliphatic heterocycles. The monoisotopic (exact) mass is 870 g/mol. The summed E-state index contributed by atoms with van der Waals surface area (Å²) in [6.07, 6.45) is 17.3. The molecule has 324 valence electrons. The van der Waals surface area contributed by atoms with Crippen LogP contribution in [0.4, 0.5) is 0 Å². The molecule has 0 amide bonds. The van der Waals surface area contributed by atoms with E-state index in [9.17, 15) is 0 Å². The number of hydrogen-bond donors (Lipinski definition) is 1. The highest BCUT2D eigenvalue weighted by molar-refractivity contribution is 5.95. The van der Waals surface area contributed by atoms with Gasteiger partial charge in [-0.2, -0.15) is 0 Å². The molecule has 0 bridgehead atoms. The van der Waals surface area contributed by atoms with Gasteiger partial charge in [0.1, 0.15) is 0 Å². The lowest BCUT2D eigenvalue weighted by Gasteiger charge is -2.35. The molecule has 2 nitrogen and oxygen atoms in total. The number of allylic oxidation sites excluding steroid dienone is 7. The lowest BCUT2D eigenvalue weighted by atomic mass is 9.66. The maximum absolute atomic E-state index is 3.96. The Kier molecular flexibility index (Phi) is 9.79. The molecule has 2 heterocycles. The molecule has 8 aromatic carbocycles. The standard InChI is InChI=1S/C66H50N2/c1-5-20-45(21-6-1)49-43-61(47-22-7-2-8-23-47)67-62(44-49)56-30-14-13-28-53(56)48-38-41-64-59(42-48)57-31-16-18-35-63(57)68(64)52-39-36-46(37-40-52)54-32-19-33-58-55-29-15-17-34-60(55)66(65(54)58,50-24-9-3-10-25-50)51-26-11-4-12-27-51/h1-36,38-39,41,43-44,48,61,67H,37,40,42H2. The van der Waals surface area contributed by atoms with E-state index in [1.807, 2.05) is 0 Å². The molecule has 2 heteroatoms. The number of benzene rings is 8. The minimum atomic E-state index is -0.445. The van der Waals surface area contributed by atoms with Crippen LogP contribution in [0.15, 0.2) is 243 Å². The van der Waals surface area contributed by atoms with Crippen LogP contribution >= 0.6 is 0 Å². The third-order valence-electron chi connectivity index (χ3n) is 15.0. The Hall–Kier alpha value is -8.20. The third kappa shape index (κ3) is 6.47. The first-order chi connectivity index (χ1) is 33.7. The summed E-state index contributed by atoms with van der Waals surface area (Å²) in [6.45, 7) is 0. The average molecular weight is 871 g/mol. The molecule has 0 fully saturated rings. The van der Waals surface area contributed by atoms with Crippen molar-refractivity contribution < 1.29 is 0 Å². The molecule has 9 aromatic rings. The Balaban J connectivity index is 0.885. The van der Waals surface area contributed by atoms with Gasteiger partial charge in [0.15, 0.2) is 0 Å². The summed E-state index contributed by atoms with van der Waals surface area (Å²) in [6, 6.07) is 78.2. The van der Waals surface area contributed by atoms with Gasteiger partial charge >= 0.3 is 0 Å². The van der Waals surface area contributed by atoms with Crippen molar-refractivity contribution in [3.05, 3.63) is 304 Å². The fourth-order valence-electron chi connectivity index (χ4n) is 12.0. The largest absolute Gasteiger partial charge is 0.374 e. The van der Waals surface area contributed by atoms with Crippen LogP contribution in [0.3, 0.4) is 0 Å². The van der Waals surface area contributed by atoms with E-state index in [-0.39, 0.29) is 12.0 Å². The van der Waals surface area contributed by atoms with Crippen molar-refractivity contribution in [3.63, 3.8) is 0 Å². The van der Waals surface area contributed by atoms with Crippen molar-refractivity contribution >= 4 is 39.5 Å². The number of aromatic nitrogens is 1. The SMILES string of the molecule is C1=CC(c2ccccc2C2=CC(c3ccccc3)=CC(c3ccccc3)N2)Cc2c1n(C1=CC=C(c3cccc4c3C(c3ccccc3)(c3ccccc3)c3ccccc3-4)CC1)c1ccccc21. The summed E-state index contributed by atoms with van der Waals surface area (Å²) in [5.74, 6) is 0.215. The van der Waals surface area contributed by atoms with Crippen LogP contribution < -0.4 is 5.32 Å². The van der Waals surface area contributed by atoms with Crippen LogP contribution in [0.2, 0.25) is 0 Å². The quantitative estimate of drug-likeness (QED) is 0.161. The van der Waals surface area contributed by atoms with E-state index >= 15 is 0 Å². The van der Waals surface area contributed by atoms with Crippen molar-refractivity contribution in [1.82, 2.24) is 9.88 Å². The molecular weight excluding hydrogens is 821 g/mol. The van der Waals surface area contributed by atoms with E-state index in [4.69, 9.17) is 0 Å². The zero-order chi connectivity index (χ0) is 45.0. The van der Waals surface area contributed by atoms with Crippen molar-refractivity contribution in [2.24, 2.45) is 0 Å². The summed E-state index contributed by atoms with van der Waals surface area (Å²) in [7, 11) is 0. The average Bonchev–Trinajstić information content (AvgIpc) is 3.92. The molecule has 1 N–H and O–H groups in total. The van der Waals surface area contributed by atoms with Gasteiger partial charge in [-0.25, -0.2) is 0 Å². The predicted octanol–water partition coefficient (Wildman–Crippen LogP) is 15.8. The fourth-order valence-corrected chi connectivity index (χ4v) is 12.0. The lowest BCUT2D eigenvalue weighted by molar-refractivity contribution is 0.760. The second-order valence-corrected chi connectivity index (χ2v) is 18.7. The first-order valence-corrected chi connectivity index (χ1v) is 24.2. The van der Waals surface area contributed by atoms with E-state index in [0.29, 0.717) is 0 Å². The van der Waals surface area contributed by atoms with E-state index in [1.165, 1.54) is 100 Å². The van der Waals surface area contributed by atoms with Gasteiger partial charge in [0.05, 0.1) is 17.0 Å². The van der Waals surface area contributed by atoms with Crippen LogP contribution in [0.25, 0.3) is 50.6 Å². The van der Waals surface area contributed by atoms with Crippen LogP contribution in [-0.4, -0.2) is 4.57 Å². The van der Waals surface area contributed by atoms with Gasteiger partial charge in [0, 0.05) is 34.0 Å². The topological polar surface area (TPSA) is 17.0 Å². The lowest BCUT2D eigenvalue weighted by Crippen LogP contribution is -2.29. The highest BCUT2D eigenvalue weighted by Gasteiger charge is 2.47.